The van der Waals surface area contributed by atoms with Crippen LogP contribution in [0, 0.1) is 5.82 Å². The fraction of sp³-hybridized carbons (Fsp3) is 0.350. The summed E-state index contributed by atoms with van der Waals surface area (Å²) in [5.74, 6) is 0.244. The molecular weight excluding hydrogens is 355 g/mol. The van der Waals surface area contributed by atoms with Gasteiger partial charge in [0.05, 0.1) is 0 Å². The Bertz CT molecular complexity index is 746. The van der Waals surface area contributed by atoms with Gasteiger partial charge in [-0.3, -0.25) is 4.79 Å². The number of halogens is 2. The van der Waals surface area contributed by atoms with Gasteiger partial charge in [-0.25, -0.2) is 4.39 Å². The molecule has 0 bridgehead atoms. The highest BCUT2D eigenvalue weighted by atomic mass is 35.5. The van der Waals surface area contributed by atoms with E-state index in [1.165, 1.54) is 6.07 Å². The van der Waals surface area contributed by atoms with Gasteiger partial charge in [0.1, 0.15) is 11.6 Å². The predicted octanol–water partition coefficient (Wildman–Crippen LogP) is 4.03. The van der Waals surface area contributed by atoms with Crippen LogP contribution in [0.15, 0.2) is 48.5 Å². The Hall–Kier alpha value is -2.27. The molecule has 0 aromatic heterocycles. The molecule has 6 heteroatoms. The molecule has 0 saturated carbocycles. The molecule has 138 valence electrons. The third-order valence-corrected chi connectivity index (χ3v) is 4.76. The van der Waals surface area contributed by atoms with E-state index in [1.807, 2.05) is 6.07 Å². The number of piperidine rings is 1. The monoisotopic (exact) mass is 376 g/mol. The van der Waals surface area contributed by atoms with E-state index in [1.54, 1.807) is 43.3 Å². The van der Waals surface area contributed by atoms with Crippen molar-refractivity contribution in [1.29, 1.82) is 0 Å². The number of rotatable bonds is 5. The van der Waals surface area contributed by atoms with Crippen LogP contribution in [0.25, 0.3) is 0 Å². The van der Waals surface area contributed by atoms with Crippen molar-refractivity contribution >= 4 is 23.2 Å². The molecule has 1 heterocycles. The molecule has 3 rings (SSSR count). The quantitative estimate of drug-likeness (QED) is 0.856. The van der Waals surface area contributed by atoms with Gasteiger partial charge in [0.15, 0.2) is 6.10 Å². The minimum absolute atomic E-state index is 0.101. The van der Waals surface area contributed by atoms with E-state index in [-0.39, 0.29) is 17.8 Å². The Kier molecular flexibility index (Phi) is 5.99. The Morgan fingerprint density at radius 3 is 2.58 bits per heavy atom. The number of nitrogens with zero attached hydrogens (tertiary/aromatic N) is 1. The van der Waals surface area contributed by atoms with Gasteiger partial charge >= 0.3 is 0 Å². The molecule has 2 aromatic rings. The Morgan fingerprint density at radius 1 is 1.23 bits per heavy atom. The number of amides is 1. The second-order valence-electron chi connectivity index (χ2n) is 6.46. The number of carbonyl (C=O) groups is 1. The molecule has 26 heavy (non-hydrogen) atoms. The molecule has 1 amide bonds. The molecule has 1 aliphatic rings. The average Bonchev–Trinajstić information content (AvgIpc) is 2.64. The highest BCUT2D eigenvalue weighted by Gasteiger charge is 2.23. The Labute approximate surface area is 157 Å². The average molecular weight is 377 g/mol. The summed E-state index contributed by atoms with van der Waals surface area (Å²) in [5.41, 5.74) is 0.884. The van der Waals surface area contributed by atoms with E-state index >= 15 is 0 Å². The molecule has 1 aliphatic heterocycles. The van der Waals surface area contributed by atoms with Crippen LogP contribution in [0.4, 0.5) is 10.1 Å². The summed E-state index contributed by atoms with van der Waals surface area (Å²) in [4.78, 5) is 14.5. The Balaban J connectivity index is 1.47. The molecule has 2 aromatic carbocycles. The summed E-state index contributed by atoms with van der Waals surface area (Å²) in [6.45, 7) is 3.29. The predicted molar refractivity (Wildman–Crippen MR) is 101 cm³/mol. The van der Waals surface area contributed by atoms with Crippen LogP contribution in [0.1, 0.15) is 19.8 Å². The third kappa shape index (κ3) is 4.88. The van der Waals surface area contributed by atoms with Crippen LogP contribution in [0.3, 0.4) is 0 Å². The lowest BCUT2D eigenvalue weighted by atomic mass is 10.0. The largest absolute Gasteiger partial charge is 0.481 e. The first-order valence-corrected chi connectivity index (χ1v) is 9.12. The van der Waals surface area contributed by atoms with E-state index < -0.39 is 6.10 Å². The van der Waals surface area contributed by atoms with Crippen molar-refractivity contribution in [1.82, 2.24) is 5.32 Å². The summed E-state index contributed by atoms with van der Waals surface area (Å²) in [6.07, 6.45) is 1.05. The van der Waals surface area contributed by atoms with Crippen LogP contribution in [0.2, 0.25) is 5.02 Å². The number of nitrogens with one attached hydrogen (secondary N) is 1. The van der Waals surface area contributed by atoms with Crippen molar-refractivity contribution in [3.63, 3.8) is 0 Å². The zero-order valence-corrected chi connectivity index (χ0v) is 15.4. The maximum atomic E-state index is 13.4. The van der Waals surface area contributed by atoms with Gasteiger partial charge in [0.2, 0.25) is 0 Å². The first-order valence-electron chi connectivity index (χ1n) is 8.74. The highest BCUT2D eigenvalue weighted by Crippen LogP contribution is 2.21. The number of ether oxygens (including phenoxy) is 1. The molecule has 0 spiro atoms. The molecule has 0 radical (unpaired) electrons. The maximum Gasteiger partial charge on any atom is 0.260 e. The number of carbonyl (C=O) groups excluding carboxylic acids is 1. The summed E-state index contributed by atoms with van der Waals surface area (Å²) < 4.78 is 19.0. The van der Waals surface area contributed by atoms with Crippen LogP contribution in [0.5, 0.6) is 5.75 Å². The number of anilines is 1. The van der Waals surface area contributed by atoms with Gasteiger partial charge in [-0.05, 0) is 62.2 Å². The standard InChI is InChI=1S/C20H22ClFN2O2/c1-14(26-19-7-5-15(21)6-8-19)20(25)23-17-9-11-24(12-10-17)18-4-2-3-16(22)13-18/h2-8,13-14,17H,9-12H2,1H3,(H,23,25)/t14-/m0/s1. The van der Waals surface area contributed by atoms with Crippen molar-refractivity contribution in [3.05, 3.63) is 59.4 Å². The Morgan fingerprint density at radius 2 is 1.92 bits per heavy atom. The van der Waals surface area contributed by atoms with Crippen molar-refractivity contribution in [2.45, 2.75) is 31.9 Å². The van der Waals surface area contributed by atoms with Crippen LogP contribution >= 0.6 is 11.6 Å². The van der Waals surface area contributed by atoms with Crippen molar-refractivity contribution < 1.29 is 13.9 Å². The van der Waals surface area contributed by atoms with Crippen molar-refractivity contribution in [2.75, 3.05) is 18.0 Å². The first-order chi connectivity index (χ1) is 12.5. The minimum atomic E-state index is -0.586. The fourth-order valence-corrected chi connectivity index (χ4v) is 3.17. The molecule has 1 atom stereocenters. The maximum absolute atomic E-state index is 13.4. The lowest BCUT2D eigenvalue weighted by molar-refractivity contribution is -0.128. The van der Waals surface area contributed by atoms with Crippen LogP contribution in [-0.2, 0) is 4.79 Å². The summed E-state index contributed by atoms with van der Waals surface area (Å²) in [5, 5.41) is 3.67. The molecule has 1 fully saturated rings. The van der Waals surface area contributed by atoms with Crippen molar-refractivity contribution in [2.24, 2.45) is 0 Å². The summed E-state index contributed by atoms with van der Waals surface area (Å²) >= 11 is 5.84. The zero-order chi connectivity index (χ0) is 18.5. The van der Waals surface area contributed by atoms with Gasteiger partial charge in [-0.1, -0.05) is 17.7 Å². The first kappa shape index (κ1) is 18.5. The van der Waals surface area contributed by atoms with Gasteiger partial charge < -0.3 is 15.0 Å². The molecule has 1 saturated heterocycles. The second-order valence-corrected chi connectivity index (χ2v) is 6.90. The minimum Gasteiger partial charge on any atom is -0.481 e. The van der Waals surface area contributed by atoms with Gasteiger partial charge in [-0.15, -0.1) is 0 Å². The highest BCUT2D eigenvalue weighted by molar-refractivity contribution is 6.30. The van der Waals surface area contributed by atoms with E-state index in [4.69, 9.17) is 16.3 Å². The van der Waals surface area contributed by atoms with Gasteiger partial charge in [-0.2, -0.15) is 0 Å². The molecule has 0 aliphatic carbocycles. The number of hydrogen-bond acceptors (Lipinski definition) is 3. The lowest BCUT2D eigenvalue weighted by Crippen LogP contribution is -2.48. The van der Waals surface area contributed by atoms with E-state index in [9.17, 15) is 9.18 Å². The molecule has 1 N–H and O–H groups in total. The lowest BCUT2D eigenvalue weighted by Gasteiger charge is -2.34. The topological polar surface area (TPSA) is 41.6 Å². The van der Waals surface area contributed by atoms with Gasteiger partial charge in [0, 0.05) is 29.8 Å². The zero-order valence-electron chi connectivity index (χ0n) is 14.6. The smallest absolute Gasteiger partial charge is 0.260 e. The van der Waals surface area contributed by atoms with Crippen molar-refractivity contribution in [3.8, 4) is 5.75 Å². The SMILES string of the molecule is C[C@H](Oc1ccc(Cl)cc1)C(=O)NC1CCN(c2cccc(F)c2)CC1. The summed E-state index contributed by atoms with van der Waals surface area (Å²) in [6, 6.07) is 13.6. The second kappa shape index (κ2) is 8.41. The van der Waals surface area contributed by atoms with Crippen LogP contribution < -0.4 is 15.0 Å². The van der Waals surface area contributed by atoms with Crippen LogP contribution in [-0.4, -0.2) is 31.1 Å². The number of hydrogen-bond donors (Lipinski definition) is 1. The van der Waals surface area contributed by atoms with Gasteiger partial charge in [0.25, 0.3) is 5.91 Å². The van der Waals surface area contributed by atoms with E-state index in [0.717, 1.165) is 31.6 Å². The van der Waals surface area contributed by atoms with E-state index in [2.05, 4.69) is 10.2 Å². The summed E-state index contributed by atoms with van der Waals surface area (Å²) in [7, 11) is 0. The normalized spacial score (nSPS) is 16.2. The number of benzene rings is 2. The molecular formula is C20H22ClFN2O2. The molecule has 4 nitrogen and oxygen atoms in total. The third-order valence-electron chi connectivity index (χ3n) is 4.51. The van der Waals surface area contributed by atoms with E-state index in [0.29, 0.717) is 10.8 Å². The molecule has 0 unspecified atom stereocenters. The fourth-order valence-electron chi connectivity index (χ4n) is 3.04.